The lowest BCUT2D eigenvalue weighted by atomic mass is 10.2. The Hall–Kier alpha value is -1.10. The fourth-order valence-electron chi connectivity index (χ4n) is 1.62. The molecule has 0 aromatic carbocycles. The van der Waals surface area contributed by atoms with Crippen LogP contribution < -0.4 is 10.2 Å². The van der Waals surface area contributed by atoms with Crippen molar-refractivity contribution >= 4 is 23.5 Å². The van der Waals surface area contributed by atoms with Gasteiger partial charge in [0.15, 0.2) is 0 Å². The van der Waals surface area contributed by atoms with Crippen LogP contribution in [-0.2, 0) is 0 Å². The fraction of sp³-hybridized carbons (Fsp3) is 0.727. The van der Waals surface area contributed by atoms with E-state index in [2.05, 4.69) is 20.3 Å². The third kappa shape index (κ3) is 4.00. The number of anilines is 2. The maximum absolute atomic E-state index is 5.84. The summed E-state index contributed by atoms with van der Waals surface area (Å²) in [7, 11) is 3.76. The molecule has 0 unspecified atom stereocenters. The van der Waals surface area contributed by atoms with Crippen molar-refractivity contribution in [2.24, 2.45) is 5.92 Å². The van der Waals surface area contributed by atoms with Gasteiger partial charge >= 0.3 is 0 Å². The summed E-state index contributed by atoms with van der Waals surface area (Å²) in [6.45, 7) is 0.893. The van der Waals surface area contributed by atoms with E-state index in [9.17, 15) is 0 Å². The van der Waals surface area contributed by atoms with E-state index in [1.54, 1.807) is 0 Å². The van der Waals surface area contributed by atoms with Crippen LogP contribution in [0.15, 0.2) is 0 Å². The van der Waals surface area contributed by atoms with Crippen molar-refractivity contribution in [1.82, 2.24) is 15.0 Å². The zero-order valence-electron chi connectivity index (χ0n) is 10.3. The third-order valence-corrected chi connectivity index (χ3v) is 2.93. The number of halogens is 1. The van der Waals surface area contributed by atoms with Gasteiger partial charge < -0.3 is 10.2 Å². The summed E-state index contributed by atoms with van der Waals surface area (Å²) < 4.78 is 0. The Morgan fingerprint density at radius 1 is 1.29 bits per heavy atom. The van der Waals surface area contributed by atoms with Gasteiger partial charge in [-0.2, -0.15) is 15.0 Å². The highest BCUT2D eigenvalue weighted by molar-refractivity contribution is 6.28. The summed E-state index contributed by atoms with van der Waals surface area (Å²) in [5.74, 6) is 2.11. The predicted octanol–water partition coefficient (Wildman–Crippen LogP) is 2.19. The second-order valence-electron chi connectivity index (χ2n) is 4.63. The molecule has 1 aliphatic rings. The van der Waals surface area contributed by atoms with Gasteiger partial charge in [0.2, 0.25) is 17.2 Å². The highest BCUT2D eigenvalue weighted by Gasteiger charge is 2.20. The van der Waals surface area contributed by atoms with Gasteiger partial charge in [-0.25, -0.2) is 0 Å². The zero-order chi connectivity index (χ0) is 12.3. The molecule has 2 rings (SSSR count). The van der Waals surface area contributed by atoms with Gasteiger partial charge in [0.1, 0.15) is 0 Å². The molecule has 0 atom stereocenters. The Bertz CT molecular complexity index is 378. The number of hydrogen-bond acceptors (Lipinski definition) is 5. The topological polar surface area (TPSA) is 53.9 Å². The summed E-state index contributed by atoms with van der Waals surface area (Å²) in [6, 6.07) is 0. The van der Waals surface area contributed by atoms with Crippen LogP contribution in [0.25, 0.3) is 0 Å². The van der Waals surface area contributed by atoms with Gasteiger partial charge in [0.25, 0.3) is 0 Å². The van der Waals surface area contributed by atoms with Crippen molar-refractivity contribution in [3.05, 3.63) is 5.28 Å². The number of rotatable bonds is 6. The van der Waals surface area contributed by atoms with Crippen LogP contribution in [0.5, 0.6) is 0 Å². The minimum atomic E-state index is 0.230. The van der Waals surface area contributed by atoms with Gasteiger partial charge in [0, 0.05) is 20.6 Å². The highest BCUT2D eigenvalue weighted by Crippen LogP contribution is 2.33. The first-order chi connectivity index (χ1) is 8.15. The molecule has 0 spiro atoms. The molecule has 1 aromatic heterocycles. The smallest absolute Gasteiger partial charge is 0.230 e. The van der Waals surface area contributed by atoms with Crippen LogP contribution in [0, 0.1) is 5.92 Å². The molecule has 1 aliphatic carbocycles. The highest BCUT2D eigenvalue weighted by atomic mass is 35.5. The van der Waals surface area contributed by atoms with Gasteiger partial charge in [0.05, 0.1) is 0 Å². The number of nitrogens with one attached hydrogen (secondary N) is 1. The summed E-state index contributed by atoms with van der Waals surface area (Å²) in [5, 5.41) is 3.42. The lowest BCUT2D eigenvalue weighted by molar-refractivity contribution is 0.685. The molecule has 1 heterocycles. The van der Waals surface area contributed by atoms with Crippen molar-refractivity contribution in [2.75, 3.05) is 30.9 Å². The fourth-order valence-corrected chi connectivity index (χ4v) is 1.77. The average Bonchev–Trinajstić information content (AvgIpc) is 3.07. The van der Waals surface area contributed by atoms with E-state index in [1.165, 1.54) is 19.3 Å². The molecule has 0 saturated heterocycles. The first kappa shape index (κ1) is 12.4. The van der Waals surface area contributed by atoms with Crippen molar-refractivity contribution in [3.63, 3.8) is 0 Å². The maximum atomic E-state index is 5.84. The molecule has 0 aliphatic heterocycles. The Labute approximate surface area is 107 Å². The number of nitrogens with zero attached hydrogens (tertiary/aromatic N) is 4. The Morgan fingerprint density at radius 2 is 2.06 bits per heavy atom. The van der Waals surface area contributed by atoms with Crippen LogP contribution in [0.4, 0.5) is 11.9 Å². The molecule has 17 heavy (non-hydrogen) atoms. The van der Waals surface area contributed by atoms with Gasteiger partial charge in [-0.15, -0.1) is 0 Å². The van der Waals surface area contributed by atoms with Crippen molar-refractivity contribution in [2.45, 2.75) is 25.7 Å². The molecule has 1 fully saturated rings. The summed E-state index contributed by atoms with van der Waals surface area (Å²) in [5.41, 5.74) is 0. The molecule has 6 heteroatoms. The second-order valence-corrected chi connectivity index (χ2v) is 4.97. The monoisotopic (exact) mass is 255 g/mol. The van der Waals surface area contributed by atoms with Gasteiger partial charge in [-0.05, 0) is 30.4 Å². The summed E-state index contributed by atoms with van der Waals surface area (Å²) >= 11 is 5.84. The van der Waals surface area contributed by atoms with E-state index in [4.69, 9.17) is 11.6 Å². The minimum absolute atomic E-state index is 0.230. The Kier molecular flexibility index (Phi) is 3.99. The lowest BCUT2D eigenvalue weighted by Crippen LogP contribution is -2.15. The van der Waals surface area contributed by atoms with Crippen molar-refractivity contribution < 1.29 is 0 Å². The maximum Gasteiger partial charge on any atom is 0.230 e. The van der Waals surface area contributed by atoms with Crippen molar-refractivity contribution in [1.29, 1.82) is 0 Å². The van der Waals surface area contributed by atoms with E-state index in [-0.39, 0.29) is 5.28 Å². The average molecular weight is 256 g/mol. The Morgan fingerprint density at radius 3 is 2.71 bits per heavy atom. The molecular formula is C11H18ClN5. The molecule has 5 nitrogen and oxygen atoms in total. The molecule has 0 bridgehead atoms. The minimum Gasteiger partial charge on any atom is -0.354 e. The molecular weight excluding hydrogens is 238 g/mol. The van der Waals surface area contributed by atoms with E-state index in [1.807, 2.05) is 19.0 Å². The third-order valence-electron chi connectivity index (χ3n) is 2.77. The van der Waals surface area contributed by atoms with Gasteiger partial charge in [-0.1, -0.05) is 12.8 Å². The molecule has 94 valence electrons. The molecule has 1 N–H and O–H groups in total. The largest absolute Gasteiger partial charge is 0.354 e. The van der Waals surface area contributed by atoms with Gasteiger partial charge in [-0.3, -0.25) is 0 Å². The summed E-state index contributed by atoms with van der Waals surface area (Å²) in [4.78, 5) is 14.2. The number of aromatic nitrogens is 3. The molecule has 0 radical (unpaired) electrons. The van der Waals surface area contributed by atoms with Crippen LogP contribution in [-0.4, -0.2) is 35.6 Å². The summed E-state index contributed by atoms with van der Waals surface area (Å²) in [6.07, 6.45) is 5.27. The van der Waals surface area contributed by atoms with E-state index < -0.39 is 0 Å². The quantitative estimate of drug-likeness (QED) is 0.790. The van der Waals surface area contributed by atoms with E-state index in [0.29, 0.717) is 11.9 Å². The molecule has 0 amide bonds. The van der Waals surface area contributed by atoms with Crippen LogP contribution >= 0.6 is 11.6 Å². The molecule has 1 saturated carbocycles. The van der Waals surface area contributed by atoms with Crippen LogP contribution in [0.2, 0.25) is 5.28 Å². The number of hydrogen-bond donors (Lipinski definition) is 1. The normalized spacial score (nSPS) is 14.8. The SMILES string of the molecule is CN(C)c1nc(Cl)nc(NCCCC2CC2)n1. The van der Waals surface area contributed by atoms with Crippen LogP contribution in [0.1, 0.15) is 25.7 Å². The predicted molar refractivity (Wildman–Crippen MR) is 69.6 cm³/mol. The van der Waals surface area contributed by atoms with E-state index in [0.717, 1.165) is 18.9 Å². The first-order valence-corrected chi connectivity index (χ1v) is 6.35. The van der Waals surface area contributed by atoms with Crippen LogP contribution in [0.3, 0.4) is 0 Å². The Balaban J connectivity index is 1.85. The first-order valence-electron chi connectivity index (χ1n) is 5.98. The second kappa shape index (κ2) is 5.49. The van der Waals surface area contributed by atoms with E-state index >= 15 is 0 Å². The van der Waals surface area contributed by atoms with Crippen molar-refractivity contribution in [3.8, 4) is 0 Å². The lowest BCUT2D eigenvalue weighted by Gasteiger charge is -2.11. The standard InChI is InChI=1S/C11H18ClN5/c1-17(2)11-15-9(12)14-10(16-11)13-7-3-4-8-5-6-8/h8H,3-7H2,1-2H3,(H,13,14,15,16). The zero-order valence-corrected chi connectivity index (χ0v) is 11.0. The molecule has 1 aromatic rings.